The molecule has 0 bridgehead atoms. The molecule has 0 saturated heterocycles. The SMILES string of the molecule is Cc1ccc(SN(C)C)cc1NC(=O)Cc1ccc(Cl)c([N+](=O)[O-])c1. The molecule has 132 valence electrons. The topological polar surface area (TPSA) is 75.5 Å². The third kappa shape index (κ3) is 5.45. The van der Waals surface area contributed by atoms with Gasteiger partial charge in [-0.3, -0.25) is 19.2 Å². The second-order valence-electron chi connectivity index (χ2n) is 5.65. The van der Waals surface area contributed by atoms with Crippen molar-refractivity contribution in [3.8, 4) is 0 Å². The summed E-state index contributed by atoms with van der Waals surface area (Å²) in [7, 11) is 3.88. The van der Waals surface area contributed by atoms with E-state index in [-0.39, 0.29) is 23.0 Å². The minimum atomic E-state index is -0.560. The third-order valence-electron chi connectivity index (χ3n) is 3.34. The summed E-state index contributed by atoms with van der Waals surface area (Å²) in [5, 5.41) is 13.9. The Labute approximate surface area is 155 Å². The third-order valence-corrected chi connectivity index (χ3v) is 4.49. The normalized spacial score (nSPS) is 10.8. The summed E-state index contributed by atoms with van der Waals surface area (Å²) in [4.78, 5) is 23.7. The van der Waals surface area contributed by atoms with Crippen LogP contribution in [-0.2, 0) is 11.2 Å². The van der Waals surface area contributed by atoms with E-state index < -0.39 is 4.92 Å². The number of benzene rings is 2. The van der Waals surface area contributed by atoms with Crippen molar-refractivity contribution in [2.24, 2.45) is 0 Å². The molecule has 0 aliphatic carbocycles. The number of carbonyl (C=O) groups is 1. The zero-order valence-electron chi connectivity index (χ0n) is 14.1. The van der Waals surface area contributed by atoms with Crippen LogP contribution in [0.2, 0.25) is 5.02 Å². The molecule has 6 nitrogen and oxygen atoms in total. The number of amides is 1. The number of carbonyl (C=O) groups excluding carboxylic acids is 1. The molecule has 1 N–H and O–H groups in total. The van der Waals surface area contributed by atoms with Gasteiger partial charge in [0.05, 0.1) is 11.3 Å². The van der Waals surface area contributed by atoms with Gasteiger partial charge in [-0.05, 0) is 62.3 Å². The molecule has 8 heteroatoms. The highest BCUT2D eigenvalue weighted by Crippen LogP contribution is 2.27. The fourth-order valence-electron chi connectivity index (χ4n) is 2.19. The van der Waals surface area contributed by atoms with Gasteiger partial charge in [-0.25, -0.2) is 0 Å². The molecule has 0 aromatic heterocycles. The molecule has 2 aromatic rings. The van der Waals surface area contributed by atoms with Crippen molar-refractivity contribution in [1.29, 1.82) is 0 Å². The van der Waals surface area contributed by atoms with Crippen LogP contribution in [0.1, 0.15) is 11.1 Å². The molecule has 0 radical (unpaired) electrons. The van der Waals surface area contributed by atoms with Gasteiger partial charge in [0.2, 0.25) is 5.91 Å². The average Bonchev–Trinajstić information content (AvgIpc) is 2.51. The van der Waals surface area contributed by atoms with Crippen LogP contribution in [0.4, 0.5) is 11.4 Å². The van der Waals surface area contributed by atoms with Crippen LogP contribution in [-0.4, -0.2) is 29.2 Å². The van der Waals surface area contributed by atoms with Gasteiger partial charge in [0.1, 0.15) is 5.02 Å². The highest BCUT2D eigenvalue weighted by Gasteiger charge is 2.15. The van der Waals surface area contributed by atoms with Crippen molar-refractivity contribution in [2.45, 2.75) is 18.2 Å². The number of nitro groups is 1. The van der Waals surface area contributed by atoms with E-state index in [1.165, 1.54) is 12.1 Å². The van der Waals surface area contributed by atoms with E-state index in [0.29, 0.717) is 5.56 Å². The maximum atomic E-state index is 12.3. The Morgan fingerprint density at radius 2 is 2.00 bits per heavy atom. The van der Waals surface area contributed by atoms with Crippen molar-refractivity contribution in [1.82, 2.24) is 4.31 Å². The van der Waals surface area contributed by atoms with Gasteiger partial charge in [0.15, 0.2) is 0 Å². The largest absolute Gasteiger partial charge is 0.326 e. The molecule has 0 aliphatic heterocycles. The van der Waals surface area contributed by atoms with Gasteiger partial charge >= 0.3 is 0 Å². The Bertz CT molecular complexity index is 812. The van der Waals surface area contributed by atoms with E-state index in [1.54, 1.807) is 18.0 Å². The number of hydrogen-bond donors (Lipinski definition) is 1. The number of aryl methyl sites for hydroxylation is 1. The first kappa shape index (κ1) is 19.2. The number of rotatable bonds is 6. The minimum Gasteiger partial charge on any atom is -0.326 e. The number of hydrogen-bond acceptors (Lipinski definition) is 5. The fourth-order valence-corrected chi connectivity index (χ4v) is 3.10. The first-order valence-corrected chi connectivity index (χ1v) is 8.60. The van der Waals surface area contributed by atoms with Crippen LogP contribution in [0, 0.1) is 17.0 Å². The van der Waals surface area contributed by atoms with Crippen LogP contribution in [0.3, 0.4) is 0 Å². The molecule has 0 atom stereocenters. The zero-order valence-corrected chi connectivity index (χ0v) is 15.6. The smallest absolute Gasteiger partial charge is 0.288 e. The van der Waals surface area contributed by atoms with E-state index >= 15 is 0 Å². The summed E-state index contributed by atoms with van der Waals surface area (Å²) in [6.07, 6.45) is 0.0303. The molecule has 25 heavy (non-hydrogen) atoms. The fraction of sp³-hybridized carbons (Fsp3) is 0.235. The second-order valence-corrected chi connectivity index (χ2v) is 7.44. The Kier molecular flexibility index (Phi) is 6.41. The van der Waals surface area contributed by atoms with Crippen LogP contribution >= 0.6 is 23.5 Å². The zero-order chi connectivity index (χ0) is 18.6. The quantitative estimate of drug-likeness (QED) is 0.460. The lowest BCUT2D eigenvalue weighted by Gasteiger charge is -2.13. The van der Waals surface area contributed by atoms with Crippen molar-refractivity contribution < 1.29 is 9.72 Å². The predicted molar refractivity (Wildman–Crippen MR) is 101 cm³/mol. The lowest BCUT2D eigenvalue weighted by molar-refractivity contribution is -0.384. The lowest BCUT2D eigenvalue weighted by Crippen LogP contribution is -2.15. The van der Waals surface area contributed by atoms with Crippen LogP contribution < -0.4 is 5.32 Å². The Morgan fingerprint density at radius 1 is 1.28 bits per heavy atom. The van der Waals surface area contributed by atoms with Crippen LogP contribution in [0.5, 0.6) is 0 Å². The predicted octanol–water partition coefficient (Wildman–Crippen LogP) is 4.31. The molecule has 0 unspecified atom stereocenters. The van der Waals surface area contributed by atoms with Crippen LogP contribution in [0.25, 0.3) is 0 Å². The van der Waals surface area contributed by atoms with Gasteiger partial charge in [0.25, 0.3) is 5.69 Å². The Balaban J connectivity index is 2.12. The monoisotopic (exact) mass is 379 g/mol. The summed E-state index contributed by atoms with van der Waals surface area (Å²) < 4.78 is 1.96. The first-order chi connectivity index (χ1) is 11.8. The van der Waals surface area contributed by atoms with E-state index in [0.717, 1.165) is 16.1 Å². The summed E-state index contributed by atoms with van der Waals surface area (Å²) in [6.45, 7) is 1.91. The molecule has 0 heterocycles. The van der Waals surface area contributed by atoms with Gasteiger partial charge in [-0.15, -0.1) is 0 Å². The Hall–Kier alpha value is -2.09. The Morgan fingerprint density at radius 3 is 2.64 bits per heavy atom. The van der Waals surface area contributed by atoms with E-state index in [1.807, 2.05) is 43.5 Å². The summed E-state index contributed by atoms with van der Waals surface area (Å²) in [6, 6.07) is 10.2. The second kappa shape index (κ2) is 8.33. The summed E-state index contributed by atoms with van der Waals surface area (Å²) >= 11 is 7.34. The molecule has 0 fully saturated rings. The minimum absolute atomic E-state index is 0.0303. The molecule has 0 saturated carbocycles. The van der Waals surface area contributed by atoms with Crippen molar-refractivity contribution in [3.63, 3.8) is 0 Å². The summed E-state index contributed by atoms with van der Waals surface area (Å²) in [5.41, 5.74) is 2.00. The highest BCUT2D eigenvalue weighted by atomic mass is 35.5. The lowest BCUT2D eigenvalue weighted by atomic mass is 10.1. The van der Waals surface area contributed by atoms with Gasteiger partial charge in [-0.2, -0.15) is 0 Å². The number of anilines is 1. The number of nitro benzene ring substituents is 1. The van der Waals surface area contributed by atoms with E-state index in [4.69, 9.17) is 11.6 Å². The number of halogens is 1. The molecular formula is C17H18ClN3O3S. The van der Waals surface area contributed by atoms with E-state index in [9.17, 15) is 14.9 Å². The molecule has 2 aromatic carbocycles. The first-order valence-electron chi connectivity index (χ1n) is 7.45. The molecule has 0 spiro atoms. The van der Waals surface area contributed by atoms with Crippen molar-refractivity contribution >= 4 is 40.8 Å². The highest BCUT2D eigenvalue weighted by molar-refractivity contribution is 7.97. The number of nitrogens with one attached hydrogen (secondary N) is 1. The van der Waals surface area contributed by atoms with Crippen molar-refractivity contribution in [2.75, 3.05) is 19.4 Å². The van der Waals surface area contributed by atoms with Crippen molar-refractivity contribution in [3.05, 3.63) is 62.7 Å². The molecule has 1 amide bonds. The molecule has 0 aliphatic rings. The van der Waals surface area contributed by atoms with Gasteiger partial charge < -0.3 is 5.32 Å². The number of nitrogens with zero attached hydrogens (tertiary/aromatic N) is 2. The summed E-state index contributed by atoms with van der Waals surface area (Å²) in [5.74, 6) is -0.244. The standard InChI is InChI=1S/C17H18ClN3O3S/c1-11-4-6-13(25-20(2)3)10-15(11)19-17(22)9-12-5-7-14(18)16(8-12)21(23)24/h4-8,10H,9H2,1-3H3,(H,19,22). The molecular weight excluding hydrogens is 362 g/mol. The van der Waals surface area contributed by atoms with Gasteiger partial charge in [-0.1, -0.05) is 23.7 Å². The maximum absolute atomic E-state index is 12.3. The maximum Gasteiger partial charge on any atom is 0.288 e. The average molecular weight is 380 g/mol. The van der Waals surface area contributed by atoms with Gasteiger partial charge in [0, 0.05) is 16.6 Å². The molecule has 2 rings (SSSR count). The van der Waals surface area contributed by atoms with Crippen LogP contribution in [0.15, 0.2) is 41.3 Å². The van der Waals surface area contributed by atoms with E-state index in [2.05, 4.69) is 5.32 Å².